The van der Waals surface area contributed by atoms with Crippen LogP contribution in [0, 0.1) is 12.7 Å². The second-order valence-corrected chi connectivity index (χ2v) is 7.81. The van der Waals surface area contributed by atoms with Crippen molar-refractivity contribution in [3.8, 4) is 0 Å². The maximum atomic E-state index is 13.3. The van der Waals surface area contributed by atoms with Crippen molar-refractivity contribution in [2.45, 2.75) is 13.5 Å². The van der Waals surface area contributed by atoms with E-state index in [1.165, 1.54) is 18.2 Å². The zero-order valence-corrected chi connectivity index (χ0v) is 17.3. The van der Waals surface area contributed by atoms with E-state index in [1.54, 1.807) is 36.1 Å². The number of nitrogens with one attached hydrogen (secondary N) is 2. The largest absolute Gasteiger partial charge is 0.314 e. The Labute approximate surface area is 181 Å². The van der Waals surface area contributed by atoms with Crippen LogP contribution in [0.25, 0.3) is 0 Å². The van der Waals surface area contributed by atoms with Crippen LogP contribution in [0.4, 0.5) is 15.2 Å². The Hall–Kier alpha value is -3.85. The van der Waals surface area contributed by atoms with Crippen LogP contribution in [0.15, 0.2) is 67.0 Å². The summed E-state index contributed by atoms with van der Waals surface area (Å²) in [5, 5.41) is 10.3. The van der Waals surface area contributed by atoms with Crippen molar-refractivity contribution < 1.29 is 14.0 Å². The maximum absolute atomic E-state index is 13.3. The number of halogens is 1. The van der Waals surface area contributed by atoms with Gasteiger partial charge in [0, 0.05) is 24.0 Å². The number of carbonyl (C=O) groups excluding carboxylic acids is 2. The molecular weight excluding hydrogens is 417 g/mol. The summed E-state index contributed by atoms with van der Waals surface area (Å²) in [5.74, 6) is -0.838. The number of amides is 2. The first-order chi connectivity index (χ1) is 15.0. The highest BCUT2D eigenvalue weighted by molar-refractivity contribution is 7.18. The number of benzene rings is 1. The Balaban J connectivity index is 1.41. The van der Waals surface area contributed by atoms with E-state index in [2.05, 4.69) is 20.7 Å². The minimum atomic E-state index is -0.488. The van der Waals surface area contributed by atoms with Crippen LogP contribution in [0.2, 0.25) is 0 Å². The van der Waals surface area contributed by atoms with Crippen LogP contribution in [0.5, 0.6) is 0 Å². The molecule has 31 heavy (non-hydrogen) atoms. The summed E-state index contributed by atoms with van der Waals surface area (Å²) in [6.07, 6.45) is 3.47. The molecule has 0 bridgehead atoms. The number of aromatic nitrogens is 3. The van der Waals surface area contributed by atoms with Crippen molar-refractivity contribution in [1.29, 1.82) is 0 Å². The van der Waals surface area contributed by atoms with Crippen molar-refractivity contribution in [3.63, 3.8) is 0 Å². The molecule has 1 aromatic carbocycles. The van der Waals surface area contributed by atoms with Gasteiger partial charge in [-0.2, -0.15) is 5.10 Å². The fourth-order valence-corrected chi connectivity index (χ4v) is 3.89. The van der Waals surface area contributed by atoms with E-state index in [-0.39, 0.29) is 11.5 Å². The summed E-state index contributed by atoms with van der Waals surface area (Å²) in [7, 11) is 0. The van der Waals surface area contributed by atoms with Crippen molar-refractivity contribution in [1.82, 2.24) is 14.8 Å². The molecule has 4 aromatic rings. The summed E-state index contributed by atoms with van der Waals surface area (Å²) in [5.41, 5.74) is 1.77. The van der Waals surface area contributed by atoms with Crippen LogP contribution in [-0.4, -0.2) is 26.6 Å². The molecule has 0 aliphatic carbocycles. The number of carbonyl (C=O) groups is 2. The third-order valence-corrected chi connectivity index (χ3v) is 5.53. The van der Waals surface area contributed by atoms with Gasteiger partial charge in [0.15, 0.2) is 5.82 Å². The lowest BCUT2D eigenvalue weighted by molar-refractivity contribution is 0.101. The van der Waals surface area contributed by atoms with Crippen molar-refractivity contribution >= 4 is 34.0 Å². The Kier molecular flexibility index (Phi) is 5.85. The number of aryl methyl sites for hydroxylation is 1. The molecule has 0 radical (unpaired) electrons. The van der Waals surface area contributed by atoms with E-state index in [1.807, 2.05) is 18.2 Å². The van der Waals surface area contributed by atoms with Gasteiger partial charge in [-0.3, -0.25) is 19.3 Å². The summed E-state index contributed by atoms with van der Waals surface area (Å²) < 4.78 is 15.0. The molecule has 3 aromatic heterocycles. The van der Waals surface area contributed by atoms with E-state index in [0.717, 1.165) is 23.1 Å². The second kappa shape index (κ2) is 8.88. The Morgan fingerprint density at radius 2 is 1.94 bits per heavy atom. The minimum Gasteiger partial charge on any atom is -0.314 e. The van der Waals surface area contributed by atoms with E-state index in [0.29, 0.717) is 27.8 Å². The van der Waals surface area contributed by atoms with Gasteiger partial charge in [0.05, 0.1) is 22.1 Å². The standard InChI is InChI=1S/C22H18FN5O2S/c1-14-11-19(26-21(29)15-5-4-6-16(23)12-15)31-20(14)22(30)25-18-8-10-28(27-18)13-17-7-2-3-9-24-17/h2-12H,13H2,1H3,(H,26,29)(H,25,27,30). The van der Waals surface area contributed by atoms with Gasteiger partial charge in [-0.25, -0.2) is 4.39 Å². The van der Waals surface area contributed by atoms with Gasteiger partial charge in [0.1, 0.15) is 5.82 Å². The van der Waals surface area contributed by atoms with E-state index >= 15 is 0 Å². The lowest BCUT2D eigenvalue weighted by Gasteiger charge is -2.03. The van der Waals surface area contributed by atoms with Gasteiger partial charge in [-0.05, 0) is 48.9 Å². The van der Waals surface area contributed by atoms with E-state index in [9.17, 15) is 14.0 Å². The molecular formula is C22H18FN5O2S. The van der Waals surface area contributed by atoms with Crippen LogP contribution >= 0.6 is 11.3 Å². The number of pyridine rings is 1. The fourth-order valence-electron chi connectivity index (χ4n) is 2.93. The molecule has 156 valence electrons. The third-order valence-electron chi connectivity index (χ3n) is 4.38. The number of anilines is 2. The second-order valence-electron chi connectivity index (χ2n) is 6.76. The number of thiophene rings is 1. The summed E-state index contributed by atoms with van der Waals surface area (Å²) in [4.78, 5) is 29.7. The molecule has 0 unspecified atom stereocenters. The molecule has 0 spiro atoms. The van der Waals surface area contributed by atoms with E-state index in [4.69, 9.17) is 0 Å². The first-order valence-electron chi connectivity index (χ1n) is 9.40. The molecule has 4 rings (SSSR count). The van der Waals surface area contributed by atoms with Gasteiger partial charge >= 0.3 is 0 Å². The molecule has 2 N–H and O–H groups in total. The highest BCUT2D eigenvalue weighted by Crippen LogP contribution is 2.28. The molecule has 0 aliphatic rings. The molecule has 7 nitrogen and oxygen atoms in total. The van der Waals surface area contributed by atoms with Crippen LogP contribution < -0.4 is 10.6 Å². The molecule has 3 heterocycles. The molecule has 2 amide bonds. The van der Waals surface area contributed by atoms with Crippen LogP contribution in [0.1, 0.15) is 31.3 Å². The van der Waals surface area contributed by atoms with Crippen molar-refractivity contribution in [2.24, 2.45) is 0 Å². The molecule has 9 heteroatoms. The quantitative estimate of drug-likeness (QED) is 0.472. The summed E-state index contributed by atoms with van der Waals surface area (Å²) in [6.45, 7) is 2.27. The number of rotatable bonds is 6. The Morgan fingerprint density at radius 1 is 1.06 bits per heavy atom. The Bertz CT molecular complexity index is 1240. The predicted octanol–water partition coefficient (Wildman–Crippen LogP) is 4.34. The predicted molar refractivity (Wildman–Crippen MR) is 117 cm³/mol. The molecule has 0 fully saturated rings. The van der Waals surface area contributed by atoms with Gasteiger partial charge in [0.25, 0.3) is 11.8 Å². The molecule has 0 aliphatic heterocycles. The monoisotopic (exact) mass is 435 g/mol. The zero-order chi connectivity index (χ0) is 21.8. The lowest BCUT2D eigenvalue weighted by Crippen LogP contribution is -2.12. The lowest BCUT2D eigenvalue weighted by atomic mass is 10.2. The van der Waals surface area contributed by atoms with Gasteiger partial charge < -0.3 is 10.6 Å². The zero-order valence-electron chi connectivity index (χ0n) is 16.5. The first kappa shape index (κ1) is 20.4. The molecule has 0 atom stereocenters. The average Bonchev–Trinajstić information content (AvgIpc) is 3.34. The van der Waals surface area contributed by atoms with Crippen LogP contribution in [0.3, 0.4) is 0 Å². The fraction of sp³-hybridized carbons (Fsp3) is 0.0909. The van der Waals surface area contributed by atoms with Gasteiger partial charge in [-0.1, -0.05) is 12.1 Å². The normalized spacial score (nSPS) is 10.6. The third kappa shape index (κ3) is 5.01. The SMILES string of the molecule is Cc1cc(NC(=O)c2cccc(F)c2)sc1C(=O)Nc1ccn(Cc2ccccn2)n1. The summed E-state index contributed by atoms with van der Waals surface area (Å²) >= 11 is 1.14. The number of hydrogen-bond acceptors (Lipinski definition) is 5. The highest BCUT2D eigenvalue weighted by atomic mass is 32.1. The van der Waals surface area contributed by atoms with Crippen molar-refractivity contribution in [3.05, 3.63) is 94.5 Å². The number of nitrogens with zero attached hydrogens (tertiary/aromatic N) is 3. The topological polar surface area (TPSA) is 88.9 Å². The highest BCUT2D eigenvalue weighted by Gasteiger charge is 2.17. The Morgan fingerprint density at radius 3 is 2.71 bits per heavy atom. The van der Waals surface area contributed by atoms with Crippen LogP contribution in [-0.2, 0) is 6.54 Å². The number of hydrogen-bond donors (Lipinski definition) is 2. The molecule has 0 saturated heterocycles. The molecule has 0 saturated carbocycles. The first-order valence-corrected chi connectivity index (χ1v) is 10.2. The minimum absolute atomic E-state index is 0.204. The maximum Gasteiger partial charge on any atom is 0.267 e. The summed E-state index contributed by atoms with van der Waals surface area (Å²) in [6, 6.07) is 14.5. The van der Waals surface area contributed by atoms with Gasteiger partial charge in [-0.15, -0.1) is 11.3 Å². The van der Waals surface area contributed by atoms with Gasteiger partial charge in [0.2, 0.25) is 0 Å². The van der Waals surface area contributed by atoms with E-state index < -0.39 is 11.7 Å². The smallest absolute Gasteiger partial charge is 0.267 e. The average molecular weight is 435 g/mol. The van der Waals surface area contributed by atoms with Crippen molar-refractivity contribution in [2.75, 3.05) is 10.6 Å².